The number of aliphatic hydroxyl groups is 2. The minimum Gasteiger partial charge on any atom is -0.466 e. The fourth-order valence-electron chi connectivity index (χ4n) is 3.10. The zero-order valence-electron chi connectivity index (χ0n) is 14.2. The van der Waals surface area contributed by atoms with Crippen LogP contribution in [0.2, 0.25) is 0 Å². The molecule has 2 N–H and O–H groups in total. The lowest BCUT2D eigenvalue weighted by Crippen LogP contribution is -2.19. The molecule has 1 fully saturated rings. The van der Waals surface area contributed by atoms with E-state index in [9.17, 15) is 19.8 Å². The average molecular weight is 326 g/mol. The fraction of sp³-hybridized carbons (Fsp3) is 0.778. The van der Waals surface area contributed by atoms with Crippen LogP contribution in [0.15, 0.2) is 12.2 Å². The molecule has 0 amide bonds. The Kier molecular flexibility index (Phi) is 9.10. The number of carbonyl (C=O) groups excluding carboxylic acids is 2. The molecular formula is C18H30O5. The zero-order valence-corrected chi connectivity index (χ0v) is 14.2. The molecule has 0 radical (unpaired) electrons. The van der Waals surface area contributed by atoms with E-state index in [1.807, 2.05) is 0 Å². The van der Waals surface area contributed by atoms with Gasteiger partial charge in [0.2, 0.25) is 0 Å². The molecule has 0 aromatic carbocycles. The molecule has 4 atom stereocenters. The number of hydrogen-bond donors (Lipinski definition) is 2. The summed E-state index contributed by atoms with van der Waals surface area (Å²) in [4.78, 5) is 23.2. The van der Waals surface area contributed by atoms with Crippen LogP contribution in [0.3, 0.4) is 0 Å². The first-order chi connectivity index (χ1) is 11.0. The maximum Gasteiger partial charge on any atom is 0.305 e. The molecule has 0 spiro atoms. The van der Waals surface area contributed by atoms with E-state index in [1.165, 1.54) is 0 Å². The molecule has 0 aromatic rings. The van der Waals surface area contributed by atoms with Crippen LogP contribution < -0.4 is 0 Å². The van der Waals surface area contributed by atoms with Gasteiger partial charge in [-0.3, -0.25) is 9.59 Å². The lowest BCUT2D eigenvalue weighted by atomic mass is 9.88. The number of hydrogen-bond acceptors (Lipinski definition) is 5. The summed E-state index contributed by atoms with van der Waals surface area (Å²) in [6.45, 7) is 3.87. The Hall–Kier alpha value is -1.20. The van der Waals surface area contributed by atoms with Crippen molar-refractivity contribution in [3.63, 3.8) is 0 Å². The van der Waals surface area contributed by atoms with E-state index in [4.69, 9.17) is 4.74 Å². The van der Waals surface area contributed by atoms with E-state index in [0.717, 1.165) is 32.1 Å². The minimum absolute atomic E-state index is 0.115. The minimum atomic E-state index is -0.633. The van der Waals surface area contributed by atoms with Crippen LogP contribution in [0.25, 0.3) is 0 Å². The molecule has 4 unspecified atom stereocenters. The predicted octanol–water partition coefficient (Wildman–Crippen LogP) is 2.39. The van der Waals surface area contributed by atoms with Gasteiger partial charge in [0.25, 0.3) is 0 Å². The van der Waals surface area contributed by atoms with E-state index in [0.29, 0.717) is 13.0 Å². The monoisotopic (exact) mass is 326 g/mol. The molecule has 5 nitrogen and oxygen atoms in total. The highest BCUT2D eigenvalue weighted by Gasteiger charge is 2.39. The average Bonchev–Trinajstić information content (AvgIpc) is 2.74. The fourth-order valence-corrected chi connectivity index (χ4v) is 3.10. The highest BCUT2D eigenvalue weighted by atomic mass is 16.5. The van der Waals surface area contributed by atoms with Crippen molar-refractivity contribution in [1.29, 1.82) is 0 Å². The molecule has 5 heteroatoms. The Labute approximate surface area is 138 Å². The number of Topliss-reactive ketones (excluding diaryl/α,β-unsaturated/α-hetero) is 1. The lowest BCUT2D eigenvalue weighted by molar-refractivity contribution is -0.143. The molecule has 0 saturated heterocycles. The highest BCUT2D eigenvalue weighted by molar-refractivity contribution is 5.84. The van der Waals surface area contributed by atoms with Crippen LogP contribution in [0.5, 0.6) is 0 Å². The van der Waals surface area contributed by atoms with Crippen LogP contribution in [-0.4, -0.2) is 40.8 Å². The summed E-state index contributed by atoms with van der Waals surface area (Å²) in [5.41, 5.74) is 0. The standard InChI is InChI=1S/C18H30O5/c1-3-23-18(22)9-7-5-4-6-8-14-15(11-10-13(2)19)17(21)12-16(14)20/h10-11,13-15,17,19,21H,3-9,12H2,1-2H3. The number of ether oxygens (including phenoxy) is 1. The zero-order chi connectivity index (χ0) is 17.2. The molecule has 0 aliphatic heterocycles. The molecular weight excluding hydrogens is 296 g/mol. The third-order valence-corrected chi connectivity index (χ3v) is 4.30. The molecule has 0 bridgehead atoms. The van der Waals surface area contributed by atoms with Gasteiger partial charge < -0.3 is 14.9 Å². The number of esters is 1. The van der Waals surface area contributed by atoms with Crippen LogP contribution in [0.4, 0.5) is 0 Å². The predicted molar refractivity (Wildman–Crippen MR) is 87.8 cm³/mol. The van der Waals surface area contributed by atoms with Gasteiger partial charge in [0.1, 0.15) is 5.78 Å². The summed E-state index contributed by atoms with van der Waals surface area (Å²) in [5, 5.41) is 19.3. The van der Waals surface area contributed by atoms with Crippen molar-refractivity contribution in [1.82, 2.24) is 0 Å². The summed E-state index contributed by atoms with van der Waals surface area (Å²) < 4.78 is 4.88. The Balaban J connectivity index is 2.28. The number of carbonyl (C=O) groups is 2. The third-order valence-electron chi connectivity index (χ3n) is 4.30. The van der Waals surface area contributed by atoms with Crippen molar-refractivity contribution < 1.29 is 24.5 Å². The van der Waals surface area contributed by atoms with E-state index < -0.39 is 12.2 Å². The van der Waals surface area contributed by atoms with Gasteiger partial charge in [0.15, 0.2) is 0 Å². The summed E-state index contributed by atoms with van der Waals surface area (Å²) in [7, 11) is 0. The van der Waals surface area contributed by atoms with Crippen LogP contribution >= 0.6 is 0 Å². The first-order valence-corrected chi connectivity index (χ1v) is 8.68. The maximum absolute atomic E-state index is 12.0. The van der Waals surface area contributed by atoms with Gasteiger partial charge in [-0.05, 0) is 26.7 Å². The summed E-state index contributed by atoms with van der Waals surface area (Å²) >= 11 is 0. The van der Waals surface area contributed by atoms with Gasteiger partial charge in [0, 0.05) is 24.7 Å². The Morgan fingerprint density at radius 1 is 1.35 bits per heavy atom. The van der Waals surface area contributed by atoms with Crippen molar-refractivity contribution in [2.45, 2.75) is 71.0 Å². The molecule has 0 aromatic heterocycles. The van der Waals surface area contributed by atoms with Crippen LogP contribution in [0, 0.1) is 11.8 Å². The van der Waals surface area contributed by atoms with Crippen molar-refractivity contribution in [2.24, 2.45) is 11.8 Å². The first kappa shape index (κ1) is 19.8. The molecule has 132 valence electrons. The van der Waals surface area contributed by atoms with E-state index >= 15 is 0 Å². The first-order valence-electron chi connectivity index (χ1n) is 8.68. The lowest BCUT2D eigenvalue weighted by Gasteiger charge is -2.17. The summed E-state index contributed by atoms with van der Waals surface area (Å²) in [6.07, 6.45) is 7.26. The molecule has 1 aliphatic carbocycles. The Morgan fingerprint density at radius 2 is 2.04 bits per heavy atom. The Morgan fingerprint density at radius 3 is 2.70 bits per heavy atom. The SMILES string of the molecule is CCOC(=O)CCCCCCC1C(=O)CC(O)C1C=CC(C)O. The molecule has 1 rings (SSSR count). The maximum atomic E-state index is 12.0. The van der Waals surface area contributed by atoms with Crippen molar-refractivity contribution in [3.8, 4) is 0 Å². The van der Waals surface area contributed by atoms with Gasteiger partial charge in [-0.25, -0.2) is 0 Å². The second-order valence-electron chi connectivity index (χ2n) is 6.31. The van der Waals surface area contributed by atoms with E-state index in [1.54, 1.807) is 26.0 Å². The highest BCUT2D eigenvalue weighted by Crippen LogP contribution is 2.34. The third kappa shape index (κ3) is 7.27. The number of unbranched alkanes of at least 4 members (excludes halogenated alkanes) is 3. The van der Waals surface area contributed by atoms with E-state index in [-0.39, 0.29) is 30.0 Å². The van der Waals surface area contributed by atoms with Gasteiger partial charge >= 0.3 is 5.97 Å². The topological polar surface area (TPSA) is 83.8 Å². The summed E-state index contributed by atoms with van der Waals surface area (Å²) in [6, 6.07) is 0. The van der Waals surface area contributed by atoms with Gasteiger partial charge in [0.05, 0.1) is 18.8 Å². The van der Waals surface area contributed by atoms with Crippen molar-refractivity contribution >= 4 is 11.8 Å². The number of ketones is 1. The van der Waals surface area contributed by atoms with Crippen LogP contribution in [-0.2, 0) is 14.3 Å². The normalized spacial score (nSPS) is 25.9. The van der Waals surface area contributed by atoms with Crippen molar-refractivity contribution in [3.05, 3.63) is 12.2 Å². The van der Waals surface area contributed by atoms with Crippen LogP contribution in [0.1, 0.15) is 58.8 Å². The second kappa shape index (κ2) is 10.6. The van der Waals surface area contributed by atoms with Gasteiger partial charge in [-0.2, -0.15) is 0 Å². The summed E-state index contributed by atoms with van der Waals surface area (Å²) in [5.74, 6) is -0.365. The van der Waals surface area contributed by atoms with Crippen molar-refractivity contribution in [2.75, 3.05) is 6.61 Å². The van der Waals surface area contributed by atoms with Gasteiger partial charge in [-0.1, -0.05) is 31.4 Å². The molecule has 0 heterocycles. The quantitative estimate of drug-likeness (QED) is 0.366. The smallest absolute Gasteiger partial charge is 0.305 e. The Bertz CT molecular complexity index is 402. The molecule has 1 aliphatic rings. The number of rotatable bonds is 10. The molecule has 23 heavy (non-hydrogen) atoms. The largest absolute Gasteiger partial charge is 0.466 e. The van der Waals surface area contributed by atoms with E-state index in [2.05, 4.69) is 0 Å². The number of aliphatic hydroxyl groups excluding tert-OH is 2. The molecule has 1 saturated carbocycles. The van der Waals surface area contributed by atoms with Gasteiger partial charge in [-0.15, -0.1) is 0 Å². The second-order valence-corrected chi connectivity index (χ2v) is 6.31.